The second-order valence-corrected chi connectivity index (χ2v) is 5.95. The first-order valence-corrected chi connectivity index (χ1v) is 7.30. The summed E-state index contributed by atoms with van der Waals surface area (Å²) in [6.45, 7) is 0. The van der Waals surface area contributed by atoms with E-state index in [1.54, 1.807) is 0 Å². The lowest BCUT2D eigenvalue weighted by Crippen LogP contribution is -1.96. The van der Waals surface area contributed by atoms with Crippen LogP contribution in [0.25, 0.3) is 0 Å². The zero-order chi connectivity index (χ0) is 13.2. The summed E-state index contributed by atoms with van der Waals surface area (Å²) in [6, 6.07) is 16.4. The van der Waals surface area contributed by atoms with Crippen LogP contribution in [0.4, 0.5) is 0 Å². The minimum atomic E-state index is 0.144. The molecule has 0 radical (unpaired) electrons. The quantitative estimate of drug-likeness (QED) is 0.668. The molecule has 0 saturated carbocycles. The summed E-state index contributed by atoms with van der Waals surface area (Å²) in [7, 11) is 0. The molecule has 19 heavy (non-hydrogen) atoms. The van der Waals surface area contributed by atoms with Crippen LogP contribution in [-0.2, 0) is 0 Å². The maximum atomic E-state index is 5.90. The molecule has 2 nitrogen and oxygen atoms in total. The zero-order valence-electron chi connectivity index (χ0n) is 10.1. The molecule has 1 aliphatic rings. The molecule has 2 aromatic rings. The van der Waals surface area contributed by atoms with Gasteiger partial charge in [-0.2, -0.15) is 10.2 Å². The topological polar surface area (TPSA) is 24.7 Å². The molecule has 1 heterocycles. The second kappa shape index (κ2) is 5.43. The SMILES string of the molecule is Clc1ccc(C2CC(c3ccc(Br)cc3)N=N2)cc1. The fourth-order valence-electron chi connectivity index (χ4n) is 2.24. The van der Waals surface area contributed by atoms with Crippen molar-refractivity contribution in [3.8, 4) is 0 Å². The van der Waals surface area contributed by atoms with Gasteiger partial charge < -0.3 is 0 Å². The molecule has 2 unspecified atom stereocenters. The van der Waals surface area contributed by atoms with Crippen LogP contribution in [0.2, 0.25) is 5.02 Å². The van der Waals surface area contributed by atoms with Gasteiger partial charge in [0.1, 0.15) is 0 Å². The lowest BCUT2D eigenvalue weighted by molar-refractivity contribution is 0.659. The van der Waals surface area contributed by atoms with E-state index < -0.39 is 0 Å². The average molecular weight is 336 g/mol. The molecule has 0 N–H and O–H groups in total. The van der Waals surface area contributed by atoms with Crippen LogP contribution in [0, 0.1) is 0 Å². The zero-order valence-corrected chi connectivity index (χ0v) is 12.5. The van der Waals surface area contributed by atoms with Crippen molar-refractivity contribution in [2.24, 2.45) is 10.2 Å². The molecule has 2 atom stereocenters. The minimum Gasteiger partial charge on any atom is -0.185 e. The van der Waals surface area contributed by atoms with E-state index >= 15 is 0 Å². The molecule has 1 aliphatic heterocycles. The van der Waals surface area contributed by atoms with E-state index in [0.29, 0.717) is 0 Å². The van der Waals surface area contributed by atoms with Crippen molar-refractivity contribution in [1.82, 2.24) is 0 Å². The first-order valence-electron chi connectivity index (χ1n) is 6.13. The van der Waals surface area contributed by atoms with E-state index in [-0.39, 0.29) is 12.1 Å². The largest absolute Gasteiger partial charge is 0.185 e. The average Bonchev–Trinajstić information content (AvgIpc) is 2.90. The van der Waals surface area contributed by atoms with Gasteiger partial charge in [-0.15, -0.1) is 0 Å². The van der Waals surface area contributed by atoms with Gasteiger partial charge in [-0.05, 0) is 35.4 Å². The van der Waals surface area contributed by atoms with Gasteiger partial charge in [-0.3, -0.25) is 0 Å². The van der Waals surface area contributed by atoms with E-state index in [2.05, 4.69) is 38.3 Å². The molecule has 2 aromatic carbocycles. The van der Waals surface area contributed by atoms with Gasteiger partial charge in [0, 0.05) is 15.9 Å². The van der Waals surface area contributed by atoms with E-state index in [1.807, 2.05) is 36.4 Å². The minimum absolute atomic E-state index is 0.144. The highest BCUT2D eigenvalue weighted by Gasteiger charge is 2.24. The number of rotatable bonds is 2. The molecule has 0 bridgehead atoms. The summed E-state index contributed by atoms with van der Waals surface area (Å²) in [4.78, 5) is 0. The first kappa shape index (κ1) is 12.8. The molecule has 3 rings (SSSR count). The number of halogens is 2. The molecule has 4 heteroatoms. The predicted molar refractivity (Wildman–Crippen MR) is 80.5 cm³/mol. The number of nitrogens with zero attached hydrogens (tertiary/aromatic N) is 2. The van der Waals surface area contributed by atoms with Crippen LogP contribution in [0.5, 0.6) is 0 Å². The number of hydrogen-bond donors (Lipinski definition) is 0. The molecule has 0 spiro atoms. The van der Waals surface area contributed by atoms with E-state index in [9.17, 15) is 0 Å². The monoisotopic (exact) mass is 334 g/mol. The lowest BCUT2D eigenvalue weighted by atomic mass is 9.97. The summed E-state index contributed by atoms with van der Waals surface area (Å²) < 4.78 is 1.08. The number of hydrogen-bond acceptors (Lipinski definition) is 2. The second-order valence-electron chi connectivity index (χ2n) is 4.60. The van der Waals surface area contributed by atoms with E-state index in [4.69, 9.17) is 11.6 Å². The van der Waals surface area contributed by atoms with Crippen molar-refractivity contribution >= 4 is 27.5 Å². The number of benzene rings is 2. The van der Waals surface area contributed by atoms with Crippen molar-refractivity contribution in [3.63, 3.8) is 0 Å². The Morgan fingerprint density at radius 1 is 0.842 bits per heavy atom. The third-order valence-corrected chi connectivity index (χ3v) is 4.08. The Morgan fingerprint density at radius 2 is 1.32 bits per heavy atom. The third-order valence-electron chi connectivity index (χ3n) is 3.30. The van der Waals surface area contributed by atoms with Crippen LogP contribution in [0.15, 0.2) is 63.2 Å². The molecule has 0 fully saturated rings. The van der Waals surface area contributed by atoms with Crippen molar-refractivity contribution in [1.29, 1.82) is 0 Å². The van der Waals surface area contributed by atoms with Gasteiger partial charge in [0.2, 0.25) is 0 Å². The van der Waals surface area contributed by atoms with Crippen LogP contribution in [0.1, 0.15) is 29.6 Å². The van der Waals surface area contributed by atoms with Gasteiger partial charge in [-0.1, -0.05) is 51.8 Å². The Morgan fingerprint density at radius 3 is 1.84 bits per heavy atom. The molecule has 0 saturated heterocycles. The van der Waals surface area contributed by atoms with Gasteiger partial charge in [0.05, 0.1) is 12.1 Å². The molecule has 0 amide bonds. The van der Waals surface area contributed by atoms with Gasteiger partial charge >= 0.3 is 0 Å². The van der Waals surface area contributed by atoms with Crippen LogP contribution in [0.3, 0.4) is 0 Å². The Kier molecular flexibility index (Phi) is 3.67. The molecule has 0 aromatic heterocycles. The summed E-state index contributed by atoms with van der Waals surface area (Å²) in [6.07, 6.45) is 0.920. The lowest BCUT2D eigenvalue weighted by Gasteiger charge is -2.09. The highest BCUT2D eigenvalue weighted by atomic mass is 79.9. The van der Waals surface area contributed by atoms with Crippen molar-refractivity contribution in [2.45, 2.75) is 18.5 Å². The van der Waals surface area contributed by atoms with Crippen molar-refractivity contribution in [2.75, 3.05) is 0 Å². The van der Waals surface area contributed by atoms with Crippen LogP contribution < -0.4 is 0 Å². The molecular weight excluding hydrogens is 324 g/mol. The normalized spacial score (nSPS) is 21.8. The van der Waals surface area contributed by atoms with Crippen LogP contribution in [-0.4, -0.2) is 0 Å². The van der Waals surface area contributed by atoms with Crippen molar-refractivity contribution < 1.29 is 0 Å². The highest BCUT2D eigenvalue weighted by Crippen LogP contribution is 2.38. The Bertz CT molecular complexity index is 539. The molecular formula is C15H12BrClN2. The Labute approximate surface area is 125 Å². The standard InChI is InChI=1S/C15H12BrClN2/c16-12-5-1-10(2-6-12)14-9-15(19-18-14)11-3-7-13(17)8-4-11/h1-8,14-15H,9H2. The van der Waals surface area contributed by atoms with E-state index in [0.717, 1.165) is 15.9 Å². The summed E-state index contributed by atoms with van der Waals surface area (Å²) in [5, 5.41) is 9.53. The smallest absolute Gasteiger partial charge is 0.0982 e. The summed E-state index contributed by atoms with van der Waals surface area (Å²) in [5.74, 6) is 0. The van der Waals surface area contributed by atoms with Crippen molar-refractivity contribution in [3.05, 3.63) is 69.2 Å². The van der Waals surface area contributed by atoms with Gasteiger partial charge in [0.25, 0.3) is 0 Å². The summed E-state index contributed by atoms with van der Waals surface area (Å²) >= 11 is 9.34. The van der Waals surface area contributed by atoms with Crippen LogP contribution >= 0.6 is 27.5 Å². The third kappa shape index (κ3) is 2.88. The maximum absolute atomic E-state index is 5.90. The fourth-order valence-corrected chi connectivity index (χ4v) is 2.63. The van der Waals surface area contributed by atoms with Gasteiger partial charge in [0.15, 0.2) is 0 Å². The molecule has 0 aliphatic carbocycles. The highest BCUT2D eigenvalue weighted by molar-refractivity contribution is 9.10. The Balaban J connectivity index is 1.76. The fraction of sp³-hybridized carbons (Fsp3) is 0.200. The first-order chi connectivity index (χ1) is 9.22. The van der Waals surface area contributed by atoms with Gasteiger partial charge in [-0.25, -0.2) is 0 Å². The molecule has 96 valence electrons. The Hall–Kier alpha value is -1.19. The number of azo groups is 1. The predicted octanol–water partition coefficient (Wildman–Crippen LogP) is 5.74. The maximum Gasteiger partial charge on any atom is 0.0982 e. The van der Waals surface area contributed by atoms with E-state index in [1.165, 1.54) is 11.1 Å². The summed E-state index contributed by atoms with van der Waals surface area (Å²) in [5.41, 5.74) is 2.39.